The molecule has 0 aromatic carbocycles. The van der Waals surface area contributed by atoms with Crippen LogP contribution in [0.2, 0.25) is 0 Å². The number of hydrogen-bond acceptors (Lipinski definition) is 3. The van der Waals surface area contributed by atoms with Crippen LogP contribution in [0.5, 0.6) is 0 Å². The Balaban J connectivity index is 1.89. The molecular weight excluding hydrogens is 188 g/mol. The highest BCUT2D eigenvalue weighted by atomic mass is 16.3. The van der Waals surface area contributed by atoms with Gasteiger partial charge in [0.15, 0.2) is 0 Å². The lowest BCUT2D eigenvalue weighted by Gasteiger charge is -2.56. The summed E-state index contributed by atoms with van der Waals surface area (Å²) in [4.78, 5) is 2.35. The normalized spacial score (nSPS) is 32.4. The van der Waals surface area contributed by atoms with Gasteiger partial charge in [-0.15, -0.1) is 0 Å². The van der Waals surface area contributed by atoms with Crippen molar-refractivity contribution in [3.05, 3.63) is 0 Å². The molecule has 15 heavy (non-hydrogen) atoms. The molecule has 2 rings (SSSR count). The molecule has 0 amide bonds. The third-order valence-corrected chi connectivity index (χ3v) is 3.84. The minimum Gasteiger partial charge on any atom is -0.386 e. The van der Waals surface area contributed by atoms with Crippen LogP contribution in [0.15, 0.2) is 0 Å². The standard InChI is InChI=1S/C12H24N2O/c1-11(2,3)14-8-12(15,9-14)10-6-4-5-7-13-10/h10,13,15H,4-9H2,1-3H3/t10-/m1/s1. The van der Waals surface area contributed by atoms with Crippen LogP contribution in [0.4, 0.5) is 0 Å². The number of aliphatic hydroxyl groups is 1. The van der Waals surface area contributed by atoms with Crippen LogP contribution in [-0.2, 0) is 0 Å². The van der Waals surface area contributed by atoms with E-state index in [2.05, 4.69) is 31.0 Å². The first-order valence-electron chi connectivity index (χ1n) is 6.13. The summed E-state index contributed by atoms with van der Waals surface area (Å²) in [6.07, 6.45) is 3.65. The van der Waals surface area contributed by atoms with E-state index < -0.39 is 5.60 Å². The predicted octanol–water partition coefficient (Wildman–Crippen LogP) is 0.974. The van der Waals surface area contributed by atoms with Crippen molar-refractivity contribution in [3.63, 3.8) is 0 Å². The second-order valence-corrected chi connectivity index (χ2v) is 6.13. The van der Waals surface area contributed by atoms with Gasteiger partial charge in [-0.25, -0.2) is 0 Å². The molecule has 0 aromatic heterocycles. The number of nitrogens with one attached hydrogen (secondary N) is 1. The summed E-state index contributed by atoms with van der Waals surface area (Å²) in [5, 5.41) is 13.9. The van der Waals surface area contributed by atoms with E-state index in [-0.39, 0.29) is 5.54 Å². The summed E-state index contributed by atoms with van der Waals surface area (Å²) >= 11 is 0. The molecule has 88 valence electrons. The van der Waals surface area contributed by atoms with Gasteiger partial charge in [0.2, 0.25) is 0 Å². The molecule has 0 spiro atoms. The number of piperidine rings is 1. The van der Waals surface area contributed by atoms with Crippen molar-refractivity contribution in [2.24, 2.45) is 0 Å². The van der Waals surface area contributed by atoms with Crippen LogP contribution in [0.3, 0.4) is 0 Å². The zero-order valence-electron chi connectivity index (χ0n) is 10.2. The van der Waals surface area contributed by atoms with E-state index >= 15 is 0 Å². The lowest BCUT2D eigenvalue weighted by atomic mass is 9.79. The average Bonchev–Trinajstić information content (AvgIpc) is 2.13. The lowest BCUT2D eigenvalue weighted by Crippen LogP contribution is -2.74. The van der Waals surface area contributed by atoms with Crippen LogP contribution in [0.25, 0.3) is 0 Å². The second-order valence-electron chi connectivity index (χ2n) is 6.13. The van der Waals surface area contributed by atoms with Crippen molar-refractivity contribution in [2.45, 2.75) is 57.2 Å². The van der Waals surface area contributed by atoms with E-state index in [9.17, 15) is 5.11 Å². The monoisotopic (exact) mass is 212 g/mol. The van der Waals surface area contributed by atoms with E-state index in [1.54, 1.807) is 0 Å². The summed E-state index contributed by atoms with van der Waals surface area (Å²) in [5.41, 5.74) is -0.269. The largest absolute Gasteiger partial charge is 0.386 e. The van der Waals surface area contributed by atoms with Crippen LogP contribution in [-0.4, -0.2) is 46.8 Å². The van der Waals surface area contributed by atoms with E-state index in [0.717, 1.165) is 26.1 Å². The number of nitrogens with zero attached hydrogens (tertiary/aromatic N) is 1. The maximum absolute atomic E-state index is 10.5. The van der Waals surface area contributed by atoms with Gasteiger partial charge in [0.25, 0.3) is 0 Å². The summed E-state index contributed by atoms with van der Waals surface area (Å²) in [7, 11) is 0. The molecule has 0 unspecified atom stereocenters. The van der Waals surface area contributed by atoms with E-state index in [1.807, 2.05) is 0 Å². The molecule has 2 saturated heterocycles. The maximum Gasteiger partial charge on any atom is 0.105 e. The smallest absolute Gasteiger partial charge is 0.105 e. The van der Waals surface area contributed by atoms with E-state index in [0.29, 0.717) is 6.04 Å². The van der Waals surface area contributed by atoms with Crippen molar-refractivity contribution < 1.29 is 5.11 Å². The van der Waals surface area contributed by atoms with Crippen molar-refractivity contribution in [2.75, 3.05) is 19.6 Å². The SMILES string of the molecule is CC(C)(C)N1CC(O)([C@H]2CCCCN2)C1. The highest BCUT2D eigenvalue weighted by molar-refractivity contribution is 5.07. The molecule has 2 aliphatic heterocycles. The third-order valence-electron chi connectivity index (χ3n) is 3.84. The summed E-state index contributed by atoms with van der Waals surface area (Å²) in [5.74, 6) is 0. The molecule has 2 N–H and O–H groups in total. The average molecular weight is 212 g/mol. The van der Waals surface area contributed by atoms with Gasteiger partial charge in [-0.05, 0) is 40.2 Å². The molecule has 3 nitrogen and oxygen atoms in total. The van der Waals surface area contributed by atoms with Crippen molar-refractivity contribution >= 4 is 0 Å². The minimum absolute atomic E-state index is 0.195. The second kappa shape index (κ2) is 3.72. The van der Waals surface area contributed by atoms with E-state index in [1.165, 1.54) is 12.8 Å². The number of β-amino-alcohol motifs (C(OH)–C–C–N with tert-alkyl or cyclic N) is 1. The van der Waals surface area contributed by atoms with Crippen LogP contribution in [0, 0.1) is 0 Å². The first-order valence-corrected chi connectivity index (χ1v) is 6.13. The Morgan fingerprint density at radius 2 is 1.93 bits per heavy atom. The molecule has 1 atom stereocenters. The molecule has 0 saturated carbocycles. The topological polar surface area (TPSA) is 35.5 Å². The molecule has 2 fully saturated rings. The zero-order valence-corrected chi connectivity index (χ0v) is 10.2. The highest BCUT2D eigenvalue weighted by Crippen LogP contribution is 2.33. The molecule has 0 aliphatic carbocycles. The number of rotatable bonds is 1. The molecule has 2 aliphatic rings. The van der Waals surface area contributed by atoms with Gasteiger partial charge in [-0.3, -0.25) is 4.90 Å². The van der Waals surface area contributed by atoms with Gasteiger partial charge in [0.05, 0.1) is 0 Å². The summed E-state index contributed by atoms with van der Waals surface area (Å²) < 4.78 is 0. The van der Waals surface area contributed by atoms with Crippen molar-refractivity contribution in [1.29, 1.82) is 0 Å². The Bertz CT molecular complexity index is 222. The van der Waals surface area contributed by atoms with Crippen LogP contribution in [0.1, 0.15) is 40.0 Å². The first-order chi connectivity index (χ1) is 6.92. The first kappa shape index (κ1) is 11.4. The molecule has 3 heteroatoms. The van der Waals surface area contributed by atoms with Crippen molar-refractivity contribution in [1.82, 2.24) is 10.2 Å². The van der Waals surface area contributed by atoms with Gasteiger partial charge < -0.3 is 10.4 Å². The molecular formula is C12H24N2O. The Labute approximate surface area is 92.8 Å². The Hall–Kier alpha value is -0.120. The Kier molecular flexibility index (Phi) is 2.82. The van der Waals surface area contributed by atoms with Crippen molar-refractivity contribution in [3.8, 4) is 0 Å². The maximum atomic E-state index is 10.5. The predicted molar refractivity (Wildman–Crippen MR) is 61.9 cm³/mol. The van der Waals surface area contributed by atoms with Crippen LogP contribution >= 0.6 is 0 Å². The van der Waals surface area contributed by atoms with E-state index in [4.69, 9.17) is 0 Å². The highest BCUT2D eigenvalue weighted by Gasteiger charge is 2.50. The quantitative estimate of drug-likeness (QED) is 0.680. The van der Waals surface area contributed by atoms with Gasteiger partial charge in [0.1, 0.15) is 5.60 Å². The fourth-order valence-corrected chi connectivity index (χ4v) is 2.62. The van der Waals surface area contributed by atoms with Gasteiger partial charge >= 0.3 is 0 Å². The number of likely N-dealkylation sites (tertiary alicyclic amines) is 1. The minimum atomic E-state index is -0.465. The fourth-order valence-electron chi connectivity index (χ4n) is 2.62. The Morgan fingerprint density at radius 1 is 1.27 bits per heavy atom. The lowest BCUT2D eigenvalue weighted by molar-refractivity contribution is -0.153. The molecule has 0 aromatic rings. The molecule has 0 radical (unpaired) electrons. The van der Waals surface area contributed by atoms with Gasteiger partial charge in [0, 0.05) is 24.7 Å². The Morgan fingerprint density at radius 3 is 2.40 bits per heavy atom. The summed E-state index contributed by atoms with van der Waals surface area (Å²) in [6, 6.07) is 0.324. The number of hydrogen-bond donors (Lipinski definition) is 2. The fraction of sp³-hybridized carbons (Fsp3) is 1.00. The molecule has 2 heterocycles. The summed E-state index contributed by atoms with van der Waals surface area (Å²) in [6.45, 7) is 9.35. The van der Waals surface area contributed by atoms with Crippen LogP contribution < -0.4 is 5.32 Å². The van der Waals surface area contributed by atoms with Gasteiger partial charge in [-0.1, -0.05) is 6.42 Å². The third kappa shape index (κ3) is 2.19. The zero-order chi connectivity index (χ0) is 11.1. The van der Waals surface area contributed by atoms with Gasteiger partial charge in [-0.2, -0.15) is 0 Å². The molecule has 0 bridgehead atoms.